The summed E-state index contributed by atoms with van der Waals surface area (Å²) in [4.78, 5) is 14.8. The van der Waals surface area contributed by atoms with E-state index in [2.05, 4.69) is 47.8 Å². The first kappa shape index (κ1) is 18.4. The van der Waals surface area contributed by atoms with Crippen molar-refractivity contribution in [3.8, 4) is 0 Å². The van der Waals surface area contributed by atoms with Crippen LogP contribution in [0.15, 0.2) is 6.20 Å². The van der Waals surface area contributed by atoms with E-state index in [1.807, 2.05) is 6.20 Å². The Bertz CT molecular complexity index is 595. The number of aromatic nitrogens is 2. The molecular formula is C20H34N4O. The molecule has 1 aromatic rings. The highest BCUT2D eigenvalue weighted by Gasteiger charge is 2.29. The van der Waals surface area contributed by atoms with Crippen LogP contribution in [-0.4, -0.2) is 40.2 Å². The zero-order valence-corrected chi connectivity index (χ0v) is 16.3. The minimum absolute atomic E-state index is 0.0132. The molecule has 1 amide bonds. The van der Waals surface area contributed by atoms with E-state index < -0.39 is 0 Å². The quantitative estimate of drug-likeness (QED) is 0.909. The van der Waals surface area contributed by atoms with Crippen molar-refractivity contribution < 1.29 is 4.79 Å². The highest BCUT2D eigenvalue weighted by Crippen LogP contribution is 2.32. The van der Waals surface area contributed by atoms with Gasteiger partial charge in [0.15, 0.2) is 0 Å². The van der Waals surface area contributed by atoms with E-state index in [-0.39, 0.29) is 17.5 Å². The number of hydrogen-bond acceptors (Lipinski definition) is 3. The van der Waals surface area contributed by atoms with Gasteiger partial charge in [0.1, 0.15) is 0 Å². The number of nitrogens with one attached hydrogen (secondary N) is 1. The fourth-order valence-corrected chi connectivity index (χ4v) is 4.40. The maximum atomic E-state index is 12.6. The molecule has 1 N–H and O–H groups in total. The number of carbonyl (C=O) groups excluding carboxylic acids is 1. The molecule has 1 saturated carbocycles. The normalized spacial score (nSPS) is 22.0. The van der Waals surface area contributed by atoms with E-state index in [0.717, 1.165) is 19.3 Å². The first-order valence-electron chi connectivity index (χ1n) is 9.93. The van der Waals surface area contributed by atoms with Crippen LogP contribution < -0.4 is 5.32 Å². The lowest BCUT2D eigenvalue weighted by molar-refractivity contribution is -0.123. The van der Waals surface area contributed by atoms with Crippen molar-refractivity contribution in [1.29, 1.82) is 0 Å². The Balaban J connectivity index is 1.62. The molecule has 0 bridgehead atoms. The van der Waals surface area contributed by atoms with Crippen LogP contribution in [0, 0.1) is 0 Å². The molecular weight excluding hydrogens is 312 g/mol. The van der Waals surface area contributed by atoms with Gasteiger partial charge in [0.25, 0.3) is 0 Å². The second-order valence-corrected chi connectivity index (χ2v) is 8.85. The Morgan fingerprint density at radius 2 is 1.96 bits per heavy atom. The number of rotatable bonds is 4. The molecule has 0 aliphatic heterocycles. The number of fused-ring (bicyclic) bond motifs is 1. The molecule has 1 fully saturated rings. The van der Waals surface area contributed by atoms with Gasteiger partial charge in [0.2, 0.25) is 5.91 Å². The molecule has 1 heterocycles. The van der Waals surface area contributed by atoms with Gasteiger partial charge >= 0.3 is 0 Å². The van der Waals surface area contributed by atoms with Crippen molar-refractivity contribution >= 4 is 5.91 Å². The molecule has 0 radical (unpaired) electrons. The lowest BCUT2D eigenvalue weighted by Crippen LogP contribution is -2.43. The predicted octanol–water partition coefficient (Wildman–Crippen LogP) is 3.40. The van der Waals surface area contributed by atoms with Crippen LogP contribution in [0.5, 0.6) is 0 Å². The zero-order chi connectivity index (χ0) is 18.0. The van der Waals surface area contributed by atoms with Gasteiger partial charge in [-0.1, -0.05) is 19.3 Å². The SMILES string of the molecule is CN(CC(=O)N[C@H]1CCCc2c1cnn2C(C)(C)C)C1CCCCC1. The fraction of sp³-hybridized carbons (Fsp3) is 0.800. The van der Waals surface area contributed by atoms with Gasteiger partial charge in [0.05, 0.1) is 24.3 Å². The summed E-state index contributed by atoms with van der Waals surface area (Å²) in [5.41, 5.74) is 2.50. The van der Waals surface area contributed by atoms with Gasteiger partial charge in [-0.2, -0.15) is 5.10 Å². The molecule has 2 aliphatic carbocycles. The first-order valence-corrected chi connectivity index (χ1v) is 9.93. The Kier molecular flexibility index (Phi) is 5.52. The summed E-state index contributed by atoms with van der Waals surface area (Å²) in [5, 5.41) is 7.89. The third kappa shape index (κ3) is 4.25. The van der Waals surface area contributed by atoms with Gasteiger partial charge in [-0.25, -0.2) is 0 Å². The molecule has 1 atom stereocenters. The lowest BCUT2D eigenvalue weighted by atomic mass is 9.92. The van der Waals surface area contributed by atoms with Crippen LogP contribution in [0.1, 0.15) is 83.0 Å². The number of likely N-dealkylation sites (N-methyl/N-ethyl adjacent to an activating group) is 1. The van der Waals surface area contributed by atoms with Crippen molar-refractivity contribution in [3.05, 3.63) is 17.5 Å². The first-order chi connectivity index (χ1) is 11.9. The predicted molar refractivity (Wildman–Crippen MR) is 101 cm³/mol. The average molecular weight is 347 g/mol. The molecule has 140 valence electrons. The molecule has 1 aromatic heterocycles. The van der Waals surface area contributed by atoms with E-state index in [1.165, 1.54) is 43.4 Å². The molecule has 3 rings (SSSR count). The highest BCUT2D eigenvalue weighted by molar-refractivity contribution is 5.78. The van der Waals surface area contributed by atoms with Crippen molar-refractivity contribution in [2.75, 3.05) is 13.6 Å². The van der Waals surface area contributed by atoms with Gasteiger partial charge in [-0.05, 0) is 59.9 Å². The summed E-state index contributed by atoms with van der Waals surface area (Å²) in [5.74, 6) is 0.148. The van der Waals surface area contributed by atoms with E-state index in [4.69, 9.17) is 0 Å². The summed E-state index contributed by atoms with van der Waals surface area (Å²) in [6.45, 7) is 7.05. The van der Waals surface area contributed by atoms with Crippen molar-refractivity contribution in [2.45, 2.75) is 89.8 Å². The molecule has 0 spiro atoms. The van der Waals surface area contributed by atoms with Crippen molar-refractivity contribution in [3.63, 3.8) is 0 Å². The number of nitrogens with zero attached hydrogens (tertiary/aromatic N) is 3. The monoisotopic (exact) mass is 346 g/mol. The summed E-state index contributed by atoms with van der Waals surface area (Å²) in [6, 6.07) is 0.692. The van der Waals surface area contributed by atoms with Crippen molar-refractivity contribution in [2.24, 2.45) is 0 Å². The summed E-state index contributed by atoms with van der Waals surface area (Å²) < 4.78 is 2.13. The number of carbonyl (C=O) groups is 1. The third-order valence-electron chi connectivity index (χ3n) is 5.74. The Morgan fingerprint density at radius 1 is 1.24 bits per heavy atom. The van der Waals surface area contributed by atoms with Crippen LogP contribution in [0.2, 0.25) is 0 Å². The summed E-state index contributed by atoms with van der Waals surface area (Å²) in [7, 11) is 2.10. The maximum absolute atomic E-state index is 12.6. The molecule has 5 nitrogen and oxygen atoms in total. The second kappa shape index (κ2) is 7.48. The number of amides is 1. The summed E-state index contributed by atoms with van der Waals surface area (Å²) in [6.07, 6.45) is 11.6. The largest absolute Gasteiger partial charge is 0.348 e. The third-order valence-corrected chi connectivity index (χ3v) is 5.74. The van der Waals surface area contributed by atoms with Crippen LogP contribution in [0.4, 0.5) is 0 Å². The molecule has 0 aromatic carbocycles. The Morgan fingerprint density at radius 3 is 2.64 bits per heavy atom. The molecule has 25 heavy (non-hydrogen) atoms. The summed E-state index contributed by atoms with van der Waals surface area (Å²) >= 11 is 0. The van der Waals surface area contributed by atoms with Gasteiger partial charge < -0.3 is 5.32 Å². The fourth-order valence-electron chi connectivity index (χ4n) is 4.40. The van der Waals surface area contributed by atoms with E-state index in [1.54, 1.807) is 0 Å². The number of hydrogen-bond donors (Lipinski definition) is 1. The van der Waals surface area contributed by atoms with Crippen LogP contribution in [-0.2, 0) is 16.8 Å². The maximum Gasteiger partial charge on any atom is 0.234 e. The van der Waals surface area contributed by atoms with Gasteiger partial charge in [-0.3, -0.25) is 14.4 Å². The Labute approximate surface area is 152 Å². The highest BCUT2D eigenvalue weighted by atomic mass is 16.2. The van der Waals surface area contributed by atoms with E-state index in [9.17, 15) is 4.79 Å². The molecule has 2 aliphatic rings. The topological polar surface area (TPSA) is 50.2 Å². The van der Waals surface area contributed by atoms with E-state index in [0.29, 0.717) is 12.6 Å². The van der Waals surface area contributed by atoms with Crippen molar-refractivity contribution in [1.82, 2.24) is 20.0 Å². The molecule has 0 unspecified atom stereocenters. The lowest BCUT2D eigenvalue weighted by Gasteiger charge is -2.32. The zero-order valence-electron chi connectivity index (χ0n) is 16.3. The van der Waals surface area contributed by atoms with Crippen LogP contribution in [0.3, 0.4) is 0 Å². The second-order valence-electron chi connectivity index (χ2n) is 8.85. The Hall–Kier alpha value is -1.36. The minimum Gasteiger partial charge on any atom is -0.348 e. The average Bonchev–Trinajstić information content (AvgIpc) is 3.01. The van der Waals surface area contributed by atoms with Gasteiger partial charge in [-0.15, -0.1) is 0 Å². The van der Waals surface area contributed by atoms with Gasteiger partial charge in [0, 0.05) is 17.3 Å². The molecule has 5 heteroatoms. The van der Waals surface area contributed by atoms with E-state index >= 15 is 0 Å². The minimum atomic E-state index is -0.0132. The van der Waals surface area contributed by atoms with Crippen LogP contribution in [0.25, 0.3) is 0 Å². The van der Waals surface area contributed by atoms with Crippen LogP contribution >= 0.6 is 0 Å². The molecule has 0 saturated heterocycles. The standard InChI is InChI=1S/C20H34N4O/c1-20(2,3)24-18-12-8-11-17(16(18)13-21-24)22-19(25)14-23(4)15-9-6-5-7-10-15/h13,15,17H,5-12,14H2,1-4H3,(H,22,25)/t17-/m0/s1. The smallest absolute Gasteiger partial charge is 0.234 e.